The number of carbonyl (C=O) groups is 1. The van der Waals surface area contributed by atoms with Gasteiger partial charge in [0.1, 0.15) is 0 Å². The summed E-state index contributed by atoms with van der Waals surface area (Å²) in [5.41, 5.74) is 1.22. The van der Waals surface area contributed by atoms with Crippen LogP contribution in [0.5, 0.6) is 11.5 Å². The number of likely N-dealkylation sites (tertiary alicyclic amines) is 1. The summed E-state index contributed by atoms with van der Waals surface area (Å²) in [4.78, 5) is 17.1. The Labute approximate surface area is 162 Å². The number of nitrogens with zero attached hydrogens (tertiary/aromatic N) is 2. The summed E-state index contributed by atoms with van der Waals surface area (Å²) in [6, 6.07) is 6.44. The van der Waals surface area contributed by atoms with Gasteiger partial charge in [-0.2, -0.15) is 0 Å². The fraction of sp³-hybridized carbons (Fsp3) is 0.667. The minimum absolute atomic E-state index is 0.0186. The number of hydrogen-bond donors (Lipinski definition) is 1. The van der Waals surface area contributed by atoms with Crippen molar-refractivity contribution in [3.05, 3.63) is 23.8 Å². The molecule has 1 amide bonds. The van der Waals surface area contributed by atoms with Crippen LogP contribution < -0.4 is 14.8 Å². The Hall–Kier alpha value is -1.79. The van der Waals surface area contributed by atoms with Gasteiger partial charge in [0, 0.05) is 19.0 Å². The highest BCUT2D eigenvalue weighted by atomic mass is 16.7. The van der Waals surface area contributed by atoms with Gasteiger partial charge >= 0.3 is 0 Å². The Kier molecular flexibility index (Phi) is 6.96. The van der Waals surface area contributed by atoms with Crippen LogP contribution in [0.4, 0.5) is 0 Å². The largest absolute Gasteiger partial charge is 0.454 e. The van der Waals surface area contributed by atoms with Crippen molar-refractivity contribution in [3.63, 3.8) is 0 Å². The van der Waals surface area contributed by atoms with E-state index in [0.717, 1.165) is 44.1 Å². The zero-order valence-electron chi connectivity index (χ0n) is 16.9. The van der Waals surface area contributed by atoms with E-state index in [-0.39, 0.29) is 12.1 Å². The van der Waals surface area contributed by atoms with Crippen LogP contribution in [0.1, 0.15) is 45.6 Å². The topological polar surface area (TPSA) is 54.0 Å². The predicted octanol–water partition coefficient (Wildman–Crippen LogP) is 2.62. The molecule has 0 aliphatic carbocycles. The number of rotatable bonds is 9. The Bertz CT molecular complexity index is 631. The molecule has 2 aliphatic heterocycles. The molecule has 1 fully saturated rings. The van der Waals surface area contributed by atoms with E-state index in [1.807, 2.05) is 6.07 Å². The molecular formula is C21H33N3O3. The first-order valence-electron chi connectivity index (χ1n) is 10.2. The highest BCUT2D eigenvalue weighted by Gasteiger charge is 2.22. The third kappa shape index (κ3) is 5.36. The summed E-state index contributed by atoms with van der Waals surface area (Å²) in [6.07, 6.45) is 4.03. The van der Waals surface area contributed by atoms with Crippen molar-refractivity contribution in [2.24, 2.45) is 0 Å². The summed E-state index contributed by atoms with van der Waals surface area (Å²) < 4.78 is 10.9. The first kappa shape index (κ1) is 20.0. The molecule has 1 aromatic rings. The molecule has 1 N–H and O–H groups in total. The molecular weight excluding hydrogens is 342 g/mol. The van der Waals surface area contributed by atoms with E-state index in [0.29, 0.717) is 19.3 Å². The molecule has 2 atom stereocenters. The zero-order valence-corrected chi connectivity index (χ0v) is 16.9. The number of amides is 1. The third-order valence-electron chi connectivity index (χ3n) is 5.62. The molecule has 0 spiro atoms. The first-order valence-corrected chi connectivity index (χ1v) is 10.2. The Morgan fingerprint density at radius 3 is 2.70 bits per heavy atom. The van der Waals surface area contributed by atoms with E-state index < -0.39 is 0 Å². The Morgan fingerprint density at radius 2 is 1.96 bits per heavy atom. The van der Waals surface area contributed by atoms with Gasteiger partial charge in [-0.25, -0.2) is 0 Å². The average molecular weight is 376 g/mol. The second kappa shape index (κ2) is 9.42. The minimum atomic E-state index is 0.0186. The molecule has 2 aliphatic rings. The van der Waals surface area contributed by atoms with Gasteiger partial charge in [0.15, 0.2) is 11.5 Å². The summed E-state index contributed by atoms with van der Waals surface area (Å²) in [5.74, 6) is 1.78. The monoisotopic (exact) mass is 375 g/mol. The van der Waals surface area contributed by atoms with Gasteiger partial charge in [0.05, 0.1) is 6.17 Å². The molecule has 0 aromatic heterocycles. The van der Waals surface area contributed by atoms with Crippen LogP contribution in [0.2, 0.25) is 0 Å². The van der Waals surface area contributed by atoms with Crippen molar-refractivity contribution in [2.75, 3.05) is 33.0 Å². The molecule has 2 heterocycles. The average Bonchev–Trinajstić information content (AvgIpc) is 3.31. The molecule has 0 bridgehead atoms. The quantitative estimate of drug-likeness (QED) is 0.673. The number of ether oxygens (including phenoxy) is 2. The van der Waals surface area contributed by atoms with E-state index in [2.05, 4.69) is 48.0 Å². The normalized spacial score (nSPS) is 18.7. The number of likely N-dealkylation sites (N-methyl/N-ethyl adjacent to an activating group) is 1. The van der Waals surface area contributed by atoms with Gasteiger partial charge in [-0.15, -0.1) is 0 Å². The molecule has 1 aromatic carbocycles. The number of hydrogen-bond acceptors (Lipinski definition) is 5. The van der Waals surface area contributed by atoms with E-state index >= 15 is 0 Å². The lowest BCUT2D eigenvalue weighted by Crippen LogP contribution is -2.50. The van der Waals surface area contributed by atoms with Gasteiger partial charge in [0.25, 0.3) is 0 Å². The molecule has 6 heteroatoms. The lowest BCUT2D eigenvalue weighted by Gasteiger charge is -2.34. The second-order valence-electron chi connectivity index (χ2n) is 7.61. The van der Waals surface area contributed by atoms with Crippen LogP contribution in [-0.2, 0) is 11.2 Å². The molecule has 27 heavy (non-hydrogen) atoms. The summed E-state index contributed by atoms with van der Waals surface area (Å²) in [5, 5.41) is 3.18. The summed E-state index contributed by atoms with van der Waals surface area (Å²) >= 11 is 0. The number of fused-ring (bicyclic) bond motifs is 1. The lowest BCUT2D eigenvalue weighted by molar-refractivity contribution is -0.123. The maximum absolute atomic E-state index is 12.3. The van der Waals surface area contributed by atoms with E-state index in [9.17, 15) is 4.79 Å². The van der Waals surface area contributed by atoms with Crippen LogP contribution in [0.3, 0.4) is 0 Å². The minimum Gasteiger partial charge on any atom is -0.454 e. The van der Waals surface area contributed by atoms with E-state index in [1.165, 1.54) is 18.4 Å². The van der Waals surface area contributed by atoms with E-state index in [4.69, 9.17) is 9.47 Å². The van der Waals surface area contributed by atoms with Crippen LogP contribution in [-0.4, -0.2) is 60.9 Å². The standard InChI is InChI=1S/C21H33N3O3/c1-4-24(17(3)22-21(25)9-12-23-10-5-6-11-23)16(2)13-18-7-8-19-20(14-18)27-15-26-19/h7-8,14,16-17H,4-6,9-13,15H2,1-3H3,(H,22,25). The van der Waals surface area contributed by atoms with Crippen molar-refractivity contribution in [3.8, 4) is 11.5 Å². The second-order valence-corrected chi connectivity index (χ2v) is 7.61. The number of benzene rings is 1. The van der Waals surface area contributed by atoms with Crippen LogP contribution in [0.25, 0.3) is 0 Å². The Balaban J connectivity index is 1.49. The predicted molar refractivity (Wildman–Crippen MR) is 106 cm³/mol. The highest BCUT2D eigenvalue weighted by molar-refractivity contribution is 5.76. The van der Waals surface area contributed by atoms with Crippen molar-refractivity contribution in [1.29, 1.82) is 0 Å². The molecule has 0 radical (unpaired) electrons. The summed E-state index contributed by atoms with van der Waals surface area (Å²) in [7, 11) is 0. The van der Waals surface area contributed by atoms with E-state index in [1.54, 1.807) is 0 Å². The van der Waals surface area contributed by atoms with Gasteiger partial charge in [-0.1, -0.05) is 13.0 Å². The van der Waals surface area contributed by atoms with Gasteiger partial charge < -0.3 is 19.7 Å². The van der Waals surface area contributed by atoms with Crippen LogP contribution in [0.15, 0.2) is 18.2 Å². The molecule has 150 valence electrons. The fourth-order valence-electron chi connectivity index (χ4n) is 4.15. The number of nitrogens with one attached hydrogen (secondary N) is 1. The smallest absolute Gasteiger partial charge is 0.231 e. The molecule has 1 saturated heterocycles. The van der Waals surface area contributed by atoms with Crippen molar-refractivity contribution in [1.82, 2.24) is 15.1 Å². The maximum atomic E-state index is 12.3. The highest BCUT2D eigenvalue weighted by Crippen LogP contribution is 2.33. The van der Waals surface area contributed by atoms with Crippen LogP contribution >= 0.6 is 0 Å². The van der Waals surface area contributed by atoms with Gasteiger partial charge in [-0.05, 0) is 70.4 Å². The first-order chi connectivity index (χ1) is 13.1. The third-order valence-corrected chi connectivity index (χ3v) is 5.62. The lowest BCUT2D eigenvalue weighted by atomic mass is 10.0. The van der Waals surface area contributed by atoms with Gasteiger partial charge in [-0.3, -0.25) is 9.69 Å². The molecule has 2 unspecified atom stereocenters. The SMILES string of the molecule is CCN(C(C)Cc1ccc2c(c1)OCO2)C(C)NC(=O)CCN1CCCC1. The molecule has 3 rings (SSSR count). The Morgan fingerprint density at radius 1 is 1.22 bits per heavy atom. The number of carbonyl (C=O) groups excluding carboxylic acids is 1. The fourth-order valence-corrected chi connectivity index (χ4v) is 4.15. The molecule has 0 saturated carbocycles. The van der Waals surface area contributed by atoms with Gasteiger partial charge in [0.2, 0.25) is 12.7 Å². The zero-order chi connectivity index (χ0) is 19.2. The van der Waals surface area contributed by atoms with Crippen LogP contribution in [0, 0.1) is 0 Å². The maximum Gasteiger partial charge on any atom is 0.231 e. The van der Waals surface area contributed by atoms with Crippen molar-refractivity contribution < 1.29 is 14.3 Å². The molecule has 6 nitrogen and oxygen atoms in total. The van der Waals surface area contributed by atoms with Crippen molar-refractivity contribution >= 4 is 5.91 Å². The van der Waals surface area contributed by atoms with Crippen molar-refractivity contribution in [2.45, 2.75) is 58.7 Å². The summed E-state index contributed by atoms with van der Waals surface area (Å²) in [6.45, 7) is 10.8.